The first kappa shape index (κ1) is 28.3. The first-order valence-corrected chi connectivity index (χ1v) is 13.4. The number of aromatic nitrogens is 2. The maximum Gasteiger partial charge on any atom is 0.319 e. The van der Waals surface area contributed by atoms with Crippen LogP contribution < -0.4 is 26.0 Å². The molecule has 0 saturated heterocycles. The SMILES string of the molecule is O=C(CCNC(=O)Nc1ccccc1)Nc1ccc2ncnc(Nc3ccc(OCc4cccc(F)c4)c(Cl)c3)c2c1. The second-order valence-corrected chi connectivity index (χ2v) is 9.60. The predicted octanol–water partition coefficient (Wildman–Crippen LogP) is 6.90. The van der Waals surface area contributed by atoms with Crippen LogP contribution >= 0.6 is 11.6 Å². The standard InChI is InChI=1S/C31H26ClFN6O3/c32-26-17-24(10-12-28(26)42-18-20-5-4-6-21(33)15-20)38-30-25-16-23(9-11-27(25)35-19-36-30)37-29(40)13-14-34-31(41)39-22-7-2-1-3-8-22/h1-12,15-17,19H,13-14,18H2,(H,37,40)(H2,34,39,41)(H,35,36,38). The molecule has 5 aromatic rings. The molecule has 0 bridgehead atoms. The highest BCUT2D eigenvalue weighted by atomic mass is 35.5. The highest BCUT2D eigenvalue weighted by Gasteiger charge is 2.11. The molecule has 4 aromatic carbocycles. The number of benzene rings is 4. The summed E-state index contributed by atoms with van der Waals surface area (Å²) >= 11 is 6.45. The van der Waals surface area contributed by atoms with E-state index in [1.54, 1.807) is 60.7 Å². The Bertz CT molecular complexity index is 1720. The molecule has 0 radical (unpaired) electrons. The number of ether oxygens (including phenoxy) is 1. The van der Waals surface area contributed by atoms with Gasteiger partial charge < -0.3 is 26.0 Å². The minimum absolute atomic E-state index is 0.0861. The van der Waals surface area contributed by atoms with Crippen LogP contribution in [0.1, 0.15) is 12.0 Å². The van der Waals surface area contributed by atoms with Gasteiger partial charge in [-0.2, -0.15) is 0 Å². The summed E-state index contributed by atoms with van der Waals surface area (Å²) in [5.41, 5.74) is 3.24. The lowest BCUT2D eigenvalue weighted by Crippen LogP contribution is -2.31. The fourth-order valence-corrected chi connectivity index (χ4v) is 4.30. The maximum atomic E-state index is 13.4. The van der Waals surface area contributed by atoms with Gasteiger partial charge in [-0.25, -0.2) is 19.2 Å². The maximum absolute atomic E-state index is 13.4. The van der Waals surface area contributed by atoms with Crippen LogP contribution in [0.25, 0.3) is 10.9 Å². The van der Waals surface area contributed by atoms with E-state index in [9.17, 15) is 14.0 Å². The molecule has 11 heteroatoms. The molecule has 0 spiro atoms. The molecule has 212 valence electrons. The smallest absolute Gasteiger partial charge is 0.319 e. The van der Waals surface area contributed by atoms with Gasteiger partial charge in [0.05, 0.1) is 10.5 Å². The van der Waals surface area contributed by atoms with Gasteiger partial charge in [0.1, 0.15) is 30.3 Å². The van der Waals surface area contributed by atoms with Crippen LogP contribution in [-0.2, 0) is 11.4 Å². The Kier molecular flexibility index (Phi) is 9.05. The van der Waals surface area contributed by atoms with Crippen LogP contribution in [0.2, 0.25) is 5.02 Å². The summed E-state index contributed by atoms with van der Waals surface area (Å²) < 4.78 is 19.2. The van der Waals surface area contributed by atoms with Crippen LogP contribution in [0.3, 0.4) is 0 Å². The number of nitrogens with zero attached hydrogens (tertiary/aromatic N) is 2. The zero-order chi connectivity index (χ0) is 29.3. The molecule has 1 heterocycles. The van der Waals surface area contributed by atoms with Gasteiger partial charge >= 0.3 is 6.03 Å². The van der Waals surface area contributed by atoms with E-state index in [0.717, 1.165) is 0 Å². The fourth-order valence-electron chi connectivity index (χ4n) is 4.06. The van der Waals surface area contributed by atoms with Gasteiger partial charge in [-0.05, 0) is 66.2 Å². The fraction of sp³-hybridized carbons (Fsp3) is 0.0968. The molecule has 1 aromatic heterocycles. The number of hydrogen-bond donors (Lipinski definition) is 4. The highest BCUT2D eigenvalue weighted by Crippen LogP contribution is 2.31. The second kappa shape index (κ2) is 13.4. The molecule has 0 aliphatic carbocycles. The molecule has 0 aliphatic heterocycles. The summed E-state index contributed by atoms with van der Waals surface area (Å²) in [6, 6.07) is 25.3. The predicted molar refractivity (Wildman–Crippen MR) is 162 cm³/mol. The lowest BCUT2D eigenvalue weighted by Gasteiger charge is -2.13. The van der Waals surface area contributed by atoms with Gasteiger partial charge in [0, 0.05) is 35.4 Å². The minimum atomic E-state index is -0.390. The van der Waals surface area contributed by atoms with Crippen molar-refractivity contribution >= 4 is 57.3 Å². The Labute approximate surface area is 246 Å². The molecule has 3 amide bonds. The number of para-hydroxylation sites is 1. The number of rotatable bonds is 10. The van der Waals surface area contributed by atoms with E-state index in [0.29, 0.717) is 50.1 Å². The highest BCUT2D eigenvalue weighted by molar-refractivity contribution is 6.32. The van der Waals surface area contributed by atoms with Crippen molar-refractivity contribution in [1.29, 1.82) is 0 Å². The van der Waals surface area contributed by atoms with Gasteiger partial charge in [0.15, 0.2) is 0 Å². The van der Waals surface area contributed by atoms with Gasteiger partial charge in [-0.1, -0.05) is 41.9 Å². The number of urea groups is 1. The van der Waals surface area contributed by atoms with Crippen molar-refractivity contribution < 1.29 is 18.7 Å². The van der Waals surface area contributed by atoms with Crippen LogP contribution in [0.15, 0.2) is 97.3 Å². The van der Waals surface area contributed by atoms with Crippen molar-refractivity contribution in [3.8, 4) is 5.75 Å². The molecule has 4 N–H and O–H groups in total. The van der Waals surface area contributed by atoms with Crippen LogP contribution in [0.4, 0.5) is 32.1 Å². The Balaban J connectivity index is 1.19. The van der Waals surface area contributed by atoms with E-state index in [2.05, 4.69) is 31.2 Å². The van der Waals surface area contributed by atoms with Crippen molar-refractivity contribution in [3.63, 3.8) is 0 Å². The summed E-state index contributed by atoms with van der Waals surface area (Å²) in [5.74, 6) is 0.374. The topological polar surface area (TPSA) is 117 Å². The Morgan fingerprint density at radius 2 is 1.67 bits per heavy atom. The van der Waals surface area contributed by atoms with Crippen LogP contribution in [0, 0.1) is 5.82 Å². The summed E-state index contributed by atoms with van der Waals surface area (Å²) in [5, 5.41) is 12.5. The van der Waals surface area contributed by atoms with E-state index < -0.39 is 0 Å². The number of amides is 3. The van der Waals surface area contributed by atoms with Crippen molar-refractivity contribution in [3.05, 3.63) is 114 Å². The molecule has 0 aliphatic rings. The average Bonchev–Trinajstić information content (AvgIpc) is 2.97. The molecule has 42 heavy (non-hydrogen) atoms. The first-order valence-electron chi connectivity index (χ1n) is 13.0. The third kappa shape index (κ3) is 7.70. The van der Waals surface area contributed by atoms with Crippen molar-refractivity contribution in [2.45, 2.75) is 13.0 Å². The Morgan fingerprint density at radius 1 is 0.833 bits per heavy atom. The van der Waals surface area contributed by atoms with Gasteiger partial charge in [-0.15, -0.1) is 0 Å². The van der Waals surface area contributed by atoms with Gasteiger partial charge in [0.25, 0.3) is 0 Å². The lowest BCUT2D eigenvalue weighted by atomic mass is 10.2. The number of anilines is 4. The number of nitrogens with one attached hydrogen (secondary N) is 4. The number of fused-ring (bicyclic) bond motifs is 1. The summed E-state index contributed by atoms with van der Waals surface area (Å²) in [7, 11) is 0. The summed E-state index contributed by atoms with van der Waals surface area (Å²) in [6.45, 7) is 0.336. The van der Waals surface area contributed by atoms with E-state index in [4.69, 9.17) is 16.3 Å². The zero-order valence-corrected chi connectivity index (χ0v) is 23.0. The Morgan fingerprint density at radius 3 is 2.48 bits per heavy atom. The third-order valence-corrected chi connectivity index (χ3v) is 6.36. The monoisotopic (exact) mass is 584 g/mol. The Hall–Kier alpha value is -5.22. The summed E-state index contributed by atoms with van der Waals surface area (Å²) in [4.78, 5) is 33.2. The second-order valence-electron chi connectivity index (χ2n) is 9.19. The van der Waals surface area contributed by atoms with Crippen molar-refractivity contribution in [2.24, 2.45) is 0 Å². The summed E-state index contributed by atoms with van der Waals surface area (Å²) in [6.07, 6.45) is 1.52. The lowest BCUT2D eigenvalue weighted by molar-refractivity contribution is -0.116. The molecule has 0 saturated carbocycles. The third-order valence-electron chi connectivity index (χ3n) is 6.07. The molecular formula is C31H26ClFN6O3. The van der Waals surface area contributed by atoms with Crippen LogP contribution in [-0.4, -0.2) is 28.5 Å². The molecule has 0 fully saturated rings. The molecule has 5 rings (SSSR count). The normalized spacial score (nSPS) is 10.6. The molecule has 9 nitrogen and oxygen atoms in total. The molecule has 0 unspecified atom stereocenters. The number of carbonyl (C=O) groups is 2. The van der Waals surface area contributed by atoms with Gasteiger partial charge in [-0.3, -0.25) is 4.79 Å². The van der Waals surface area contributed by atoms with E-state index in [1.807, 2.05) is 18.2 Å². The van der Waals surface area contributed by atoms with Crippen LogP contribution in [0.5, 0.6) is 5.75 Å². The average molecular weight is 585 g/mol. The largest absolute Gasteiger partial charge is 0.487 e. The van der Waals surface area contributed by atoms with Crippen molar-refractivity contribution in [2.75, 3.05) is 22.5 Å². The minimum Gasteiger partial charge on any atom is -0.487 e. The van der Waals surface area contributed by atoms with E-state index >= 15 is 0 Å². The molecule has 0 atom stereocenters. The van der Waals surface area contributed by atoms with E-state index in [-0.39, 0.29) is 37.3 Å². The van der Waals surface area contributed by atoms with E-state index in [1.165, 1.54) is 18.5 Å². The number of halogens is 2. The number of carbonyl (C=O) groups excluding carboxylic acids is 2. The van der Waals surface area contributed by atoms with Crippen molar-refractivity contribution in [1.82, 2.24) is 15.3 Å². The first-order chi connectivity index (χ1) is 20.4. The zero-order valence-electron chi connectivity index (χ0n) is 22.2. The molecular weight excluding hydrogens is 559 g/mol. The quantitative estimate of drug-likeness (QED) is 0.142. The van der Waals surface area contributed by atoms with Gasteiger partial charge in [0.2, 0.25) is 5.91 Å². The number of hydrogen-bond acceptors (Lipinski definition) is 6.